The smallest absolute Gasteiger partial charge is 0.312 e. The van der Waals surface area contributed by atoms with Gasteiger partial charge in [0.05, 0.1) is 12.6 Å². The van der Waals surface area contributed by atoms with E-state index in [4.69, 9.17) is 10.5 Å². The van der Waals surface area contributed by atoms with Gasteiger partial charge in [0.15, 0.2) is 0 Å². The first-order chi connectivity index (χ1) is 10.1. The second kappa shape index (κ2) is 5.39. The number of nitrogens with two attached hydrogens (primary N) is 1. The van der Waals surface area contributed by atoms with Crippen LogP contribution in [0, 0.1) is 5.92 Å². The van der Waals surface area contributed by atoms with Crippen LogP contribution in [0.4, 0.5) is 0 Å². The molecule has 5 nitrogen and oxygen atoms in total. The molecule has 5 heteroatoms. The predicted octanol–water partition coefficient (Wildman–Crippen LogP) is 1.41. The minimum Gasteiger partial charge on any atom is -0.493 e. The summed E-state index contributed by atoms with van der Waals surface area (Å²) in [7, 11) is 0. The van der Waals surface area contributed by atoms with Gasteiger partial charge in [-0.1, -0.05) is 25.1 Å². The lowest BCUT2D eigenvalue weighted by Crippen LogP contribution is -2.47. The van der Waals surface area contributed by atoms with Crippen molar-refractivity contribution in [1.29, 1.82) is 0 Å². The monoisotopic (exact) mass is 288 g/mol. The number of nitrogens with zero attached hydrogens (tertiary/aromatic N) is 1. The summed E-state index contributed by atoms with van der Waals surface area (Å²) in [4.78, 5) is 25.1. The Labute approximate surface area is 124 Å². The molecule has 0 saturated carbocycles. The number of likely N-dealkylation sites (tertiary alicyclic amines) is 1. The van der Waals surface area contributed by atoms with Crippen LogP contribution in [0.1, 0.15) is 36.9 Å². The number of amides is 2. The fraction of sp³-hybridized carbons (Fsp3) is 0.500. The lowest BCUT2D eigenvalue weighted by Gasteiger charge is -2.38. The third-order valence-corrected chi connectivity index (χ3v) is 4.39. The van der Waals surface area contributed by atoms with Crippen molar-refractivity contribution in [1.82, 2.24) is 4.90 Å². The highest BCUT2D eigenvalue weighted by Crippen LogP contribution is 2.41. The molecular weight excluding hydrogens is 268 g/mol. The summed E-state index contributed by atoms with van der Waals surface area (Å²) in [6.45, 7) is 3.33. The van der Waals surface area contributed by atoms with Gasteiger partial charge in [-0.2, -0.15) is 0 Å². The van der Waals surface area contributed by atoms with Crippen LogP contribution in [0.15, 0.2) is 18.2 Å². The van der Waals surface area contributed by atoms with Crippen molar-refractivity contribution in [2.75, 3.05) is 13.2 Å². The molecule has 2 unspecified atom stereocenters. The van der Waals surface area contributed by atoms with Gasteiger partial charge in [0, 0.05) is 18.5 Å². The predicted molar refractivity (Wildman–Crippen MR) is 77.7 cm³/mol. The number of ether oxygens (including phenoxy) is 1. The summed E-state index contributed by atoms with van der Waals surface area (Å²) in [5.74, 6) is -0.216. The maximum absolute atomic E-state index is 12.1. The molecule has 2 aliphatic heterocycles. The van der Waals surface area contributed by atoms with Crippen molar-refractivity contribution in [2.24, 2.45) is 11.7 Å². The number of piperidine rings is 1. The molecule has 2 atom stereocenters. The van der Waals surface area contributed by atoms with Gasteiger partial charge >= 0.3 is 11.8 Å². The Hall–Kier alpha value is -2.04. The molecule has 0 spiro atoms. The maximum atomic E-state index is 12.1. The normalized spacial score (nSPS) is 24.3. The molecule has 0 aliphatic carbocycles. The number of carbonyl (C=O) groups is 2. The molecule has 0 aromatic heterocycles. The second-order valence-electron chi connectivity index (χ2n) is 5.95. The zero-order valence-electron chi connectivity index (χ0n) is 12.2. The van der Waals surface area contributed by atoms with Crippen LogP contribution in [0.2, 0.25) is 0 Å². The molecule has 2 N–H and O–H groups in total. The molecule has 2 amide bonds. The average Bonchev–Trinajstić information content (AvgIpc) is 2.94. The van der Waals surface area contributed by atoms with E-state index < -0.39 is 11.8 Å². The molecule has 3 rings (SSSR count). The number of rotatable bonds is 1. The van der Waals surface area contributed by atoms with Crippen LogP contribution in [0.5, 0.6) is 5.75 Å². The summed E-state index contributed by atoms with van der Waals surface area (Å²) in [6, 6.07) is 5.92. The number of para-hydroxylation sites is 1. The van der Waals surface area contributed by atoms with E-state index in [2.05, 4.69) is 13.0 Å². The maximum Gasteiger partial charge on any atom is 0.312 e. The Bertz CT molecular complexity index is 585. The number of benzene rings is 1. The molecule has 0 bridgehead atoms. The first-order valence-corrected chi connectivity index (χ1v) is 7.43. The lowest BCUT2D eigenvalue weighted by molar-refractivity contribution is -0.147. The molecule has 1 aromatic rings. The largest absolute Gasteiger partial charge is 0.493 e. The van der Waals surface area contributed by atoms with E-state index in [-0.39, 0.29) is 6.04 Å². The summed E-state index contributed by atoms with van der Waals surface area (Å²) in [5.41, 5.74) is 7.39. The molecule has 2 aliphatic rings. The number of carbonyl (C=O) groups excluding carboxylic acids is 2. The van der Waals surface area contributed by atoms with Crippen molar-refractivity contribution in [3.8, 4) is 5.75 Å². The van der Waals surface area contributed by atoms with E-state index in [1.54, 1.807) is 4.90 Å². The van der Waals surface area contributed by atoms with Crippen molar-refractivity contribution >= 4 is 11.8 Å². The minimum absolute atomic E-state index is 0.116. The molecule has 1 fully saturated rings. The first-order valence-electron chi connectivity index (χ1n) is 7.43. The van der Waals surface area contributed by atoms with Crippen LogP contribution in [-0.4, -0.2) is 29.9 Å². The third-order valence-electron chi connectivity index (χ3n) is 4.39. The van der Waals surface area contributed by atoms with Crippen LogP contribution in [0.3, 0.4) is 0 Å². The number of primary amides is 1. The molecule has 1 saturated heterocycles. The van der Waals surface area contributed by atoms with Crippen molar-refractivity contribution in [3.63, 3.8) is 0 Å². The highest BCUT2D eigenvalue weighted by Gasteiger charge is 2.35. The first kappa shape index (κ1) is 13.9. The van der Waals surface area contributed by atoms with Crippen molar-refractivity contribution in [3.05, 3.63) is 29.3 Å². The van der Waals surface area contributed by atoms with Gasteiger partial charge < -0.3 is 15.4 Å². The van der Waals surface area contributed by atoms with Crippen LogP contribution in [-0.2, 0) is 16.0 Å². The van der Waals surface area contributed by atoms with Gasteiger partial charge in [0.2, 0.25) is 0 Å². The Morgan fingerprint density at radius 1 is 1.33 bits per heavy atom. The second-order valence-corrected chi connectivity index (χ2v) is 5.95. The van der Waals surface area contributed by atoms with E-state index in [0.717, 1.165) is 30.6 Å². The summed E-state index contributed by atoms with van der Waals surface area (Å²) >= 11 is 0. The van der Waals surface area contributed by atoms with Crippen molar-refractivity contribution < 1.29 is 14.3 Å². The standard InChI is InChI=1S/C16H20N2O3/c1-10-5-6-13(18(9-10)16(20)15(17)19)12-4-2-3-11-7-8-21-14(11)12/h2-4,10,13H,5-9H2,1H3,(H2,17,19). The third kappa shape index (κ3) is 2.48. The quantitative estimate of drug-likeness (QED) is 0.794. The Balaban J connectivity index is 1.97. The molecular formula is C16H20N2O3. The Kier molecular flexibility index (Phi) is 3.57. The van der Waals surface area contributed by atoms with E-state index in [1.165, 1.54) is 5.56 Å². The van der Waals surface area contributed by atoms with Gasteiger partial charge in [-0.05, 0) is 24.3 Å². The van der Waals surface area contributed by atoms with Gasteiger partial charge in [-0.15, -0.1) is 0 Å². The van der Waals surface area contributed by atoms with Crippen LogP contribution in [0.25, 0.3) is 0 Å². The van der Waals surface area contributed by atoms with Crippen molar-refractivity contribution in [2.45, 2.75) is 32.2 Å². The van der Waals surface area contributed by atoms with Gasteiger partial charge in [0.25, 0.3) is 0 Å². The van der Waals surface area contributed by atoms with E-state index in [9.17, 15) is 9.59 Å². The fourth-order valence-corrected chi connectivity index (χ4v) is 3.34. The van der Waals surface area contributed by atoms with E-state index in [1.807, 2.05) is 12.1 Å². The summed E-state index contributed by atoms with van der Waals surface area (Å²) < 4.78 is 5.74. The summed E-state index contributed by atoms with van der Waals surface area (Å²) in [6.07, 6.45) is 2.76. The Morgan fingerprint density at radius 3 is 2.90 bits per heavy atom. The molecule has 2 heterocycles. The zero-order valence-corrected chi connectivity index (χ0v) is 12.2. The topological polar surface area (TPSA) is 72.6 Å². The van der Waals surface area contributed by atoms with Crippen LogP contribution < -0.4 is 10.5 Å². The molecule has 1 aromatic carbocycles. The zero-order chi connectivity index (χ0) is 15.0. The highest BCUT2D eigenvalue weighted by atomic mass is 16.5. The summed E-state index contributed by atoms with van der Waals surface area (Å²) in [5, 5.41) is 0. The lowest BCUT2D eigenvalue weighted by atomic mass is 9.88. The number of hydrogen-bond donors (Lipinski definition) is 1. The number of hydrogen-bond acceptors (Lipinski definition) is 3. The Morgan fingerprint density at radius 2 is 2.14 bits per heavy atom. The SMILES string of the molecule is CC1CCC(c2cccc3c2OCC3)N(C(=O)C(N)=O)C1. The molecule has 21 heavy (non-hydrogen) atoms. The van der Waals surface area contributed by atoms with Gasteiger partial charge in [-0.3, -0.25) is 9.59 Å². The highest BCUT2D eigenvalue weighted by molar-refractivity contribution is 6.34. The van der Waals surface area contributed by atoms with Gasteiger partial charge in [0.1, 0.15) is 5.75 Å². The van der Waals surface area contributed by atoms with Crippen LogP contribution >= 0.6 is 0 Å². The van der Waals surface area contributed by atoms with Gasteiger partial charge in [-0.25, -0.2) is 0 Å². The number of fused-ring (bicyclic) bond motifs is 1. The molecule has 112 valence electrons. The van der Waals surface area contributed by atoms with E-state index >= 15 is 0 Å². The average molecular weight is 288 g/mol. The molecule has 0 radical (unpaired) electrons. The van der Waals surface area contributed by atoms with E-state index in [0.29, 0.717) is 19.1 Å². The fourth-order valence-electron chi connectivity index (χ4n) is 3.34. The minimum atomic E-state index is -0.886.